The number of nitrogens with two attached hydrogens (primary N) is 1. The fourth-order valence-corrected chi connectivity index (χ4v) is 2.14. The number of rotatable bonds is 5. The van der Waals surface area contributed by atoms with Crippen LogP contribution in [0.3, 0.4) is 0 Å². The Morgan fingerprint density at radius 2 is 2.07 bits per heavy atom. The molecule has 0 aromatic heterocycles. The summed E-state index contributed by atoms with van der Waals surface area (Å²) in [4.78, 5) is 2.48. The summed E-state index contributed by atoms with van der Waals surface area (Å²) in [5, 5.41) is 0. The molecule has 1 aliphatic rings. The molecule has 84 valence electrons. The zero-order valence-electron chi connectivity index (χ0n) is 9.54. The molecule has 1 fully saturated rings. The molecule has 2 N–H and O–H groups in total. The Kier molecular flexibility index (Phi) is 5.45. The van der Waals surface area contributed by atoms with Gasteiger partial charge >= 0.3 is 0 Å². The first-order valence-electron chi connectivity index (χ1n) is 5.72. The summed E-state index contributed by atoms with van der Waals surface area (Å²) in [5.41, 5.74) is 5.55. The largest absolute Gasteiger partial charge is 0.381 e. The lowest BCUT2D eigenvalue weighted by molar-refractivity contribution is 0.0387. The Bertz CT molecular complexity index is 146. The summed E-state index contributed by atoms with van der Waals surface area (Å²) in [5.74, 6) is 0.716. The van der Waals surface area contributed by atoms with Gasteiger partial charge in [0.25, 0.3) is 0 Å². The maximum Gasteiger partial charge on any atom is 0.0480 e. The molecule has 1 rings (SSSR count). The highest BCUT2D eigenvalue weighted by atomic mass is 16.5. The molecule has 1 unspecified atom stereocenters. The summed E-state index contributed by atoms with van der Waals surface area (Å²) >= 11 is 0. The minimum absolute atomic E-state index is 0.716. The first-order chi connectivity index (χ1) is 6.74. The molecule has 1 saturated heterocycles. The molecular weight excluding hydrogens is 176 g/mol. The van der Waals surface area contributed by atoms with Crippen LogP contribution in [-0.4, -0.2) is 44.3 Å². The van der Waals surface area contributed by atoms with E-state index in [0.29, 0.717) is 5.92 Å². The fourth-order valence-electron chi connectivity index (χ4n) is 2.14. The maximum atomic E-state index is 5.55. The van der Waals surface area contributed by atoms with E-state index in [-0.39, 0.29) is 0 Å². The molecular formula is C11H24N2O. The Morgan fingerprint density at radius 1 is 1.43 bits per heavy atom. The summed E-state index contributed by atoms with van der Waals surface area (Å²) in [7, 11) is 2.23. The van der Waals surface area contributed by atoms with E-state index < -0.39 is 0 Å². The molecule has 0 aromatic rings. The van der Waals surface area contributed by atoms with Gasteiger partial charge in [-0.2, -0.15) is 0 Å². The van der Waals surface area contributed by atoms with Crippen molar-refractivity contribution in [2.75, 3.05) is 33.4 Å². The lowest BCUT2D eigenvalue weighted by Crippen LogP contribution is -2.39. The van der Waals surface area contributed by atoms with Crippen LogP contribution in [0, 0.1) is 5.92 Å². The number of nitrogens with zero attached hydrogens (tertiary/aromatic N) is 1. The molecule has 1 atom stereocenters. The maximum absolute atomic E-state index is 5.55. The van der Waals surface area contributed by atoms with Gasteiger partial charge in [-0.25, -0.2) is 0 Å². The lowest BCUT2D eigenvalue weighted by atomic mass is 10.0. The van der Waals surface area contributed by atoms with Crippen molar-refractivity contribution in [3.05, 3.63) is 0 Å². The van der Waals surface area contributed by atoms with Crippen molar-refractivity contribution in [3.8, 4) is 0 Å². The second kappa shape index (κ2) is 6.38. The second-order valence-corrected chi connectivity index (χ2v) is 4.47. The van der Waals surface area contributed by atoms with E-state index in [4.69, 9.17) is 10.5 Å². The zero-order valence-corrected chi connectivity index (χ0v) is 9.54. The number of ether oxygens (including phenoxy) is 1. The lowest BCUT2D eigenvalue weighted by Gasteiger charge is -2.32. The van der Waals surface area contributed by atoms with Crippen molar-refractivity contribution in [3.63, 3.8) is 0 Å². The van der Waals surface area contributed by atoms with Crippen LogP contribution in [0.2, 0.25) is 0 Å². The van der Waals surface area contributed by atoms with Crippen LogP contribution in [0.1, 0.15) is 26.2 Å². The normalized spacial score (nSPS) is 21.4. The van der Waals surface area contributed by atoms with Gasteiger partial charge in [0.1, 0.15) is 0 Å². The molecule has 3 nitrogen and oxygen atoms in total. The molecule has 0 amide bonds. The van der Waals surface area contributed by atoms with Gasteiger partial charge in [-0.3, -0.25) is 0 Å². The molecule has 14 heavy (non-hydrogen) atoms. The molecule has 0 radical (unpaired) electrons. The van der Waals surface area contributed by atoms with E-state index in [0.717, 1.165) is 32.2 Å². The van der Waals surface area contributed by atoms with Gasteiger partial charge in [-0.05, 0) is 38.8 Å². The van der Waals surface area contributed by atoms with Gasteiger partial charge in [0.15, 0.2) is 0 Å². The molecule has 0 bridgehead atoms. The molecule has 3 heteroatoms. The predicted molar refractivity (Wildman–Crippen MR) is 59.3 cm³/mol. The fraction of sp³-hybridized carbons (Fsp3) is 1.00. The Morgan fingerprint density at radius 3 is 2.64 bits per heavy atom. The van der Waals surface area contributed by atoms with Gasteiger partial charge in [0.2, 0.25) is 0 Å². The van der Waals surface area contributed by atoms with Crippen molar-refractivity contribution in [1.29, 1.82) is 0 Å². The van der Waals surface area contributed by atoms with Crippen LogP contribution in [0.5, 0.6) is 0 Å². The monoisotopic (exact) mass is 200 g/mol. The Hall–Kier alpha value is -0.120. The highest BCUT2D eigenvalue weighted by molar-refractivity contribution is 4.73. The van der Waals surface area contributed by atoms with E-state index in [1.165, 1.54) is 19.4 Å². The average molecular weight is 200 g/mol. The van der Waals surface area contributed by atoms with E-state index in [1.807, 2.05) is 0 Å². The molecule has 0 aliphatic carbocycles. The van der Waals surface area contributed by atoms with Crippen LogP contribution in [0.25, 0.3) is 0 Å². The summed E-state index contributed by atoms with van der Waals surface area (Å²) in [6, 6.07) is 0.726. The third-order valence-electron chi connectivity index (χ3n) is 3.07. The number of hydrogen-bond acceptors (Lipinski definition) is 3. The molecule has 1 heterocycles. The van der Waals surface area contributed by atoms with Gasteiger partial charge in [-0.1, -0.05) is 6.92 Å². The first-order valence-corrected chi connectivity index (χ1v) is 5.72. The minimum atomic E-state index is 0.716. The molecule has 1 aliphatic heterocycles. The number of hydrogen-bond donors (Lipinski definition) is 1. The predicted octanol–water partition coefficient (Wildman–Crippen LogP) is 1.08. The average Bonchev–Trinajstić information content (AvgIpc) is 2.19. The van der Waals surface area contributed by atoms with Crippen LogP contribution in [0.4, 0.5) is 0 Å². The molecule has 0 aromatic carbocycles. The summed E-state index contributed by atoms with van der Waals surface area (Å²) in [6.07, 6.45) is 3.51. The van der Waals surface area contributed by atoms with Gasteiger partial charge < -0.3 is 15.4 Å². The molecule has 0 saturated carbocycles. The highest BCUT2D eigenvalue weighted by Gasteiger charge is 2.19. The van der Waals surface area contributed by atoms with Crippen LogP contribution in [-0.2, 0) is 4.74 Å². The van der Waals surface area contributed by atoms with Crippen molar-refractivity contribution < 1.29 is 4.74 Å². The van der Waals surface area contributed by atoms with Crippen molar-refractivity contribution in [2.24, 2.45) is 11.7 Å². The Labute approximate surface area is 87.6 Å². The summed E-state index contributed by atoms with van der Waals surface area (Å²) < 4.78 is 5.36. The quantitative estimate of drug-likeness (QED) is 0.722. The van der Waals surface area contributed by atoms with Crippen molar-refractivity contribution >= 4 is 0 Å². The van der Waals surface area contributed by atoms with Gasteiger partial charge in [0.05, 0.1) is 0 Å². The Balaban J connectivity index is 2.21. The third-order valence-corrected chi connectivity index (χ3v) is 3.07. The van der Waals surface area contributed by atoms with E-state index in [2.05, 4.69) is 18.9 Å². The third kappa shape index (κ3) is 3.95. The van der Waals surface area contributed by atoms with Gasteiger partial charge in [0, 0.05) is 25.8 Å². The highest BCUT2D eigenvalue weighted by Crippen LogP contribution is 2.14. The van der Waals surface area contributed by atoms with E-state index >= 15 is 0 Å². The van der Waals surface area contributed by atoms with Crippen molar-refractivity contribution in [1.82, 2.24) is 4.90 Å². The van der Waals surface area contributed by atoms with E-state index in [1.54, 1.807) is 0 Å². The second-order valence-electron chi connectivity index (χ2n) is 4.47. The zero-order chi connectivity index (χ0) is 10.4. The SMILES string of the molecule is CC(CCN)CN(C)C1CCOCC1. The smallest absolute Gasteiger partial charge is 0.0480 e. The minimum Gasteiger partial charge on any atom is -0.381 e. The van der Waals surface area contributed by atoms with Crippen LogP contribution < -0.4 is 5.73 Å². The van der Waals surface area contributed by atoms with E-state index in [9.17, 15) is 0 Å². The molecule has 0 spiro atoms. The van der Waals surface area contributed by atoms with Crippen molar-refractivity contribution in [2.45, 2.75) is 32.2 Å². The van der Waals surface area contributed by atoms with Gasteiger partial charge in [-0.15, -0.1) is 0 Å². The van der Waals surface area contributed by atoms with Crippen LogP contribution in [0.15, 0.2) is 0 Å². The van der Waals surface area contributed by atoms with Crippen LogP contribution >= 0.6 is 0 Å². The topological polar surface area (TPSA) is 38.5 Å². The summed E-state index contributed by atoms with van der Waals surface area (Å²) in [6.45, 7) is 6.12. The first kappa shape index (κ1) is 12.0. The standard InChI is InChI=1S/C11H24N2O/c1-10(3-6-12)9-13(2)11-4-7-14-8-5-11/h10-11H,3-9,12H2,1-2H3.